The molecule has 0 radical (unpaired) electrons. The Kier molecular flexibility index (Phi) is 4.78. The van der Waals surface area contributed by atoms with E-state index in [9.17, 15) is 5.11 Å². The van der Waals surface area contributed by atoms with Crippen LogP contribution in [-0.2, 0) is 6.54 Å². The number of hydrogen-bond donors (Lipinski definition) is 1. The van der Waals surface area contributed by atoms with E-state index in [1.165, 1.54) is 0 Å². The highest BCUT2D eigenvalue weighted by Gasteiger charge is 2.17. The SMILES string of the molecule is C=C1C(C)=CC(c2ccc(CN3CCN(C)CC3)c(O)c2)=CN1C. The molecule has 0 aliphatic carbocycles. The standard InChI is InChI=1S/C20H27N3O/c1-15-11-19(13-22(4)16(15)2)17-5-6-18(20(24)12-17)14-23-9-7-21(3)8-10-23/h5-6,11-13,24H,2,7-10,14H2,1,3-4H3. The number of phenolic OH excluding ortho intramolecular Hbond substituents is 1. The molecule has 2 aliphatic rings. The highest BCUT2D eigenvalue weighted by molar-refractivity contribution is 5.78. The summed E-state index contributed by atoms with van der Waals surface area (Å²) in [5.74, 6) is 0.380. The Morgan fingerprint density at radius 3 is 2.46 bits per heavy atom. The molecule has 2 aliphatic heterocycles. The van der Waals surface area contributed by atoms with Gasteiger partial charge in [-0.1, -0.05) is 18.7 Å². The van der Waals surface area contributed by atoms with Crippen molar-refractivity contribution in [3.05, 3.63) is 59.5 Å². The van der Waals surface area contributed by atoms with Crippen LogP contribution in [0.1, 0.15) is 18.1 Å². The summed E-state index contributed by atoms with van der Waals surface area (Å²) < 4.78 is 0. The Bertz CT molecular complexity index is 697. The fraction of sp³-hybridized carbons (Fsp3) is 0.400. The number of benzene rings is 1. The molecule has 1 saturated heterocycles. The summed E-state index contributed by atoms with van der Waals surface area (Å²) in [7, 11) is 4.16. The predicted molar refractivity (Wildman–Crippen MR) is 99.5 cm³/mol. The molecule has 1 N–H and O–H groups in total. The quantitative estimate of drug-likeness (QED) is 0.925. The number of hydrogen-bond acceptors (Lipinski definition) is 4. The van der Waals surface area contributed by atoms with E-state index in [0.29, 0.717) is 5.75 Å². The first kappa shape index (κ1) is 16.8. The van der Waals surface area contributed by atoms with E-state index in [1.54, 1.807) is 0 Å². The minimum atomic E-state index is 0.380. The number of phenols is 1. The van der Waals surface area contributed by atoms with Crippen molar-refractivity contribution in [1.82, 2.24) is 14.7 Å². The van der Waals surface area contributed by atoms with Gasteiger partial charge in [-0.25, -0.2) is 0 Å². The average molecular weight is 325 g/mol. The second-order valence-corrected chi connectivity index (χ2v) is 6.89. The van der Waals surface area contributed by atoms with Crippen LogP contribution in [0.3, 0.4) is 0 Å². The number of piperazine rings is 1. The Morgan fingerprint density at radius 2 is 1.83 bits per heavy atom. The zero-order chi connectivity index (χ0) is 17.3. The van der Waals surface area contributed by atoms with Crippen LogP contribution in [0.5, 0.6) is 5.75 Å². The highest BCUT2D eigenvalue weighted by atomic mass is 16.3. The predicted octanol–water partition coefficient (Wildman–Crippen LogP) is 2.89. The third kappa shape index (κ3) is 3.55. The lowest BCUT2D eigenvalue weighted by atomic mass is 9.98. The van der Waals surface area contributed by atoms with Gasteiger partial charge in [0.25, 0.3) is 0 Å². The number of rotatable bonds is 3. The van der Waals surface area contributed by atoms with Gasteiger partial charge in [0.15, 0.2) is 0 Å². The maximum absolute atomic E-state index is 10.5. The lowest BCUT2D eigenvalue weighted by molar-refractivity contribution is 0.147. The smallest absolute Gasteiger partial charge is 0.120 e. The average Bonchev–Trinajstić information content (AvgIpc) is 2.56. The van der Waals surface area contributed by atoms with Gasteiger partial charge < -0.3 is 14.9 Å². The summed E-state index contributed by atoms with van der Waals surface area (Å²) in [6.07, 6.45) is 4.18. The molecule has 0 amide bonds. The normalized spacial score (nSPS) is 20.1. The molecule has 0 spiro atoms. The van der Waals surface area contributed by atoms with Crippen molar-refractivity contribution in [2.75, 3.05) is 40.3 Å². The van der Waals surface area contributed by atoms with Crippen LogP contribution in [0.2, 0.25) is 0 Å². The monoisotopic (exact) mass is 325 g/mol. The van der Waals surface area contributed by atoms with E-state index in [2.05, 4.69) is 54.8 Å². The van der Waals surface area contributed by atoms with E-state index in [4.69, 9.17) is 0 Å². The van der Waals surface area contributed by atoms with Crippen LogP contribution in [0.25, 0.3) is 5.57 Å². The van der Waals surface area contributed by atoms with E-state index in [1.807, 2.05) is 18.0 Å². The van der Waals surface area contributed by atoms with Gasteiger partial charge in [0.2, 0.25) is 0 Å². The Balaban J connectivity index is 1.76. The summed E-state index contributed by atoms with van der Waals surface area (Å²) in [4.78, 5) is 6.77. The third-order valence-electron chi connectivity index (χ3n) is 4.99. The van der Waals surface area contributed by atoms with Crippen molar-refractivity contribution >= 4 is 5.57 Å². The zero-order valence-electron chi connectivity index (χ0n) is 14.9. The highest BCUT2D eigenvalue weighted by Crippen LogP contribution is 2.30. The van der Waals surface area contributed by atoms with Crippen molar-refractivity contribution in [3.63, 3.8) is 0 Å². The Labute approximate surface area is 145 Å². The maximum atomic E-state index is 10.5. The number of nitrogens with zero attached hydrogens (tertiary/aromatic N) is 3. The van der Waals surface area contributed by atoms with Crippen LogP contribution < -0.4 is 0 Å². The summed E-state index contributed by atoms with van der Waals surface area (Å²) in [5.41, 5.74) is 5.29. The van der Waals surface area contributed by atoms with Crippen LogP contribution in [0.15, 0.2) is 48.3 Å². The van der Waals surface area contributed by atoms with E-state index < -0.39 is 0 Å². The van der Waals surface area contributed by atoms with Gasteiger partial charge in [0, 0.05) is 57.2 Å². The Hall–Kier alpha value is -2.04. The molecular weight excluding hydrogens is 298 g/mol. The topological polar surface area (TPSA) is 30.0 Å². The van der Waals surface area contributed by atoms with Gasteiger partial charge in [-0.3, -0.25) is 4.90 Å². The molecule has 0 unspecified atom stereocenters. The molecule has 2 heterocycles. The van der Waals surface area contributed by atoms with Crippen LogP contribution in [0, 0.1) is 0 Å². The summed E-state index contributed by atoms with van der Waals surface area (Å²) in [6.45, 7) is 11.2. The third-order valence-corrected chi connectivity index (χ3v) is 4.99. The molecule has 0 saturated carbocycles. The first-order chi connectivity index (χ1) is 11.4. The summed E-state index contributed by atoms with van der Waals surface area (Å²) in [6, 6.07) is 6.03. The molecule has 0 atom stereocenters. The zero-order valence-corrected chi connectivity index (χ0v) is 14.9. The molecule has 0 aromatic heterocycles. The van der Waals surface area contributed by atoms with Gasteiger partial charge in [-0.2, -0.15) is 0 Å². The Morgan fingerprint density at radius 1 is 1.12 bits per heavy atom. The molecule has 1 aromatic rings. The van der Waals surface area contributed by atoms with E-state index in [0.717, 1.165) is 60.7 Å². The first-order valence-corrected chi connectivity index (χ1v) is 8.49. The molecule has 1 aromatic carbocycles. The van der Waals surface area contributed by atoms with Crippen molar-refractivity contribution in [2.24, 2.45) is 0 Å². The van der Waals surface area contributed by atoms with Crippen LogP contribution >= 0.6 is 0 Å². The van der Waals surface area contributed by atoms with E-state index >= 15 is 0 Å². The van der Waals surface area contributed by atoms with Crippen molar-refractivity contribution in [2.45, 2.75) is 13.5 Å². The van der Waals surface area contributed by atoms with Crippen LogP contribution in [-0.4, -0.2) is 60.1 Å². The van der Waals surface area contributed by atoms with Gasteiger partial charge in [0.05, 0.1) is 0 Å². The maximum Gasteiger partial charge on any atom is 0.120 e. The lowest BCUT2D eigenvalue weighted by Gasteiger charge is -2.32. The van der Waals surface area contributed by atoms with Gasteiger partial charge in [0.1, 0.15) is 5.75 Å². The molecule has 24 heavy (non-hydrogen) atoms. The number of allylic oxidation sites excluding steroid dienone is 3. The van der Waals surface area contributed by atoms with Gasteiger partial charge >= 0.3 is 0 Å². The molecule has 128 valence electrons. The second-order valence-electron chi connectivity index (χ2n) is 6.89. The summed E-state index contributed by atoms with van der Waals surface area (Å²) in [5, 5.41) is 10.5. The van der Waals surface area contributed by atoms with Crippen molar-refractivity contribution in [3.8, 4) is 5.75 Å². The first-order valence-electron chi connectivity index (χ1n) is 8.49. The molecule has 4 heteroatoms. The number of likely N-dealkylation sites (N-methyl/N-ethyl adjacent to an activating group) is 2. The molecule has 4 nitrogen and oxygen atoms in total. The van der Waals surface area contributed by atoms with Crippen molar-refractivity contribution < 1.29 is 5.11 Å². The van der Waals surface area contributed by atoms with Gasteiger partial charge in [-0.05, 0) is 42.8 Å². The molecular formula is C20H27N3O. The summed E-state index contributed by atoms with van der Waals surface area (Å²) >= 11 is 0. The minimum absolute atomic E-state index is 0.380. The van der Waals surface area contributed by atoms with Gasteiger partial charge in [-0.15, -0.1) is 0 Å². The lowest BCUT2D eigenvalue weighted by Crippen LogP contribution is -2.43. The van der Waals surface area contributed by atoms with Crippen molar-refractivity contribution in [1.29, 1.82) is 0 Å². The van der Waals surface area contributed by atoms with Crippen LogP contribution in [0.4, 0.5) is 0 Å². The second kappa shape index (κ2) is 6.83. The van der Waals surface area contributed by atoms with E-state index in [-0.39, 0.29) is 0 Å². The fourth-order valence-electron chi connectivity index (χ4n) is 3.20. The fourth-order valence-corrected chi connectivity index (χ4v) is 3.20. The molecule has 3 rings (SSSR count). The molecule has 1 fully saturated rings. The minimum Gasteiger partial charge on any atom is -0.508 e. The largest absolute Gasteiger partial charge is 0.508 e. The molecule has 0 bridgehead atoms. The number of aromatic hydroxyl groups is 1.